The van der Waals surface area contributed by atoms with Gasteiger partial charge in [-0.25, -0.2) is 9.79 Å². The van der Waals surface area contributed by atoms with Crippen LogP contribution in [-0.4, -0.2) is 75.7 Å². The third-order valence-corrected chi connectivity index (χ3v) is 6.33. The van der Waals surface area contributed by atoms with Gasteiger partial charge in [-0.1, -0.05) is 36.4 Å². The van der Waals surface area contributed by atoms with Crippen molar-refractivity contribution < 1.29 is 29.2 Å². The first-order chi connectivity index (χ1) is 15.4. The van der Waals surface area contributed by atoms with E-state index in [-0.39, 0.29) is 12.4 Å². The zero-order chi connectivity index (χ0) is 22.5. The van der Waals surface area contributed by atoms with Gasteiger partial charge < -0.3 is 30.2 Å². The molecule has 3 heterocycles. The predicted octanol–water partition coefficient (Wildman–Crippen LogP) is -0.210. The van der Waals surface area contributed by atoms with Crippen LogP contribution in [-0.2, 0) is 20.6 Å². The van der Waals surface area contributed by atoms with E-state index in [4.69, 9.17) is 19.9 Å². The van der Waals surface area contributed by atoms with Crippen LogP contribution in [0.4, 0.5) is 4.79 Å². The molecular weight excluding hydrogens is 418 g/mol. The highest BCUT2D eigenvalue weighted by atomic mass is 16.8. The zero-order valence-electron chi connectivity index (χ0n) is 16.9. The number of nitrogens with zero attached hydrogens (tertiary/aromatic N) is 4. The minimum atomic E-state index is -2.08. The fraction of sp³-hybridized carbons (Fsp3) is 0.429. The summed E-state index contributed by atoms with van der Waals surface area (Å²) in [5.74, 6) is 0.272. The molecule has 11 nitrogen and oxygen atoms in total. The van der Waals surface area contributed by atoms with E-state index in [0.29, 0.717) is 18.5 Å². The number of benzene rings is 1. The number of rotatable bonds is 5. The topological polar surface area (TPSA) is 163 Å². The smallest absolute Gasteiger partial charge is 0.434 e. The number of carbonyl (C=O) groups excluding carboxylic acids is 1. The third kappa shape index (κ3) is 2.81. The first kappa shape index (κ1) is 20.4. The van der Waals surface area contributed by atoms with Gasteiger partial charge in [0.15, 0.2) is 17.5 Å². The molecule has 32 heavy (non-hydrogen) atoms. The molecular formula is C21H21N5O6. The van der Waals surface area contributed by atoms with Gasteiger partial charge in [0.05, 0.1) is 18.3 Å². The van der Waals surface area contributed by atoms with Crippen LogP contribution in [0.2, 0.25) is 0 Å². The Balaban J connectivity index is 1.22. The van der Waals surface area contributed by atoms with Crippen LogP contribution in [0.15, 0.2) is 52.2 Å². The number of amidine groups is 1. The standard InChI is InChI=1S/C21H21N5O6/c22-10-20-18(31-19(28)30-9-8-12-4-2-1-3-5-12)21(20,29)16(27)15(32-20)13-6-7-14-17(23)24-11-25-26(13)14/h1-5,7,11,13,15-16,18,27,29H,6,8-9H2,(H2,23,24,25)/t13?,15-,16-,18?,20+,21+/m0/s1. The molecule has 3 aliphatic heterocycles. The zero-order valence-corrected chi connectivity index (χ0v) is 16.9. The summed E-state index contributed by atoms with van der Waals surface area (Å²) in [6, 6.07) is 10.8. The monoisotopic (exact) mass is 439 g/mol. The summed E-state index contributed by atoms with van der Waals surface area (Å²) in [6.07, 6.45) is -0.932. The number of ether oxygens (including phenoxy) is 3. The van der Waals surface area contributed by atoms with Gasteiger partial charge in [0.1, 0.15) is 24.6 Å². The molecule has 1 aromatic carbocycles. The van der Waals surface area contributed by atoms with Crippen molar-refractivity contribution in [1.82, 2.24) is 5.01 Å². The Labute approximate surface area is 183 Å². The van der Waals surface area contributed by atoms with E-state index >= 15 is 0 Å². The summed E-state index contributed by atoms with van der Waals surface area (Å²) < 4.78 is 16.0. The van der Waals surface area contributed by atoms with E-state index in [1.165, 1.54) is 6.34 Å². The number of hydrazone groups is 1. The maximum absolute atomic E-state index is 12.1. The van der Waals surface area contributed by atoms with Crippen LogP contribution in [0.5, 0.6) is 0 Å². The van der Waals surface area contributed by atoms with Gasteiger partial charge in [-0.15, -0.1) is 0 Å². The number of carbonyl (C=O) groups is 1. The Bertz CT molecular complexity index is 1070. The second-order valence-electron chi connectivity index (χ2n) is 8.01. The number of nitrogens with two attached hydrogens (primary N) is 1. The van der Waals surface area contributed by atoms with Gasteiger partial charge >= 0.3 is 6.16 Å². The SMILES string of the molecule is N#C[C@]12O[C@@H](C3CC=C4C(N)=NC=NN43)[C@H](O)[C@@]1(O)C2OC(=O)OCCc1ccccc1. The lowest BCUT2D eigenvalue weighted by Crippen LogP contribution is -2.50. The molecule has 1 saturated heterocycles. The molecule has 166 valence electrons. The summed E-state index contributed by atoms with van der Waals surface area (Å²) in [6.45, 7) is 0.0616. The Morgan fingerprint density at radius 3 is 2.91 bits per heavy atom. The van der Waals surface area contributed by atoms with E-state index in [2.05, 4.69) is 10.1 Å². The normalized spacial score (nSPS) is 36.5. The summed E-state index contributed by atoms with van der Waals surface area (Å²) in [7, 11) is 0. The Hall–Kier alpha value is -3.46. The lowest BCUT2D eigenvalue weighted by Gasteiger charge is -2.33. The van der Waals surface area contributed by atoms with Gasteiger partial charge in [-0.05, 0) is 12.0 Å². The quantitative estimate of drug-likeness (QED) is 0.527. The van der Waals surface area contributed by atoms with Crippen molar-refractivity contribution in [3.8, 4) is 6.07 Å². The van der Waals surface area contributed by atoms with Gasteiger partial charge in [-0.3, -0.25) is 5.01 Å². The molecule has 0 bridgehead atoms. The molecule has 4 N–H and O–H groups in total. The summed E-state index contributed by atoms with van der Waals surface area (Å²) >= 11 is 0. The van der Waals surface area contributed by atoms with Crippen molar-refractivity contribution in [3.05, 3.63) is 47.7 Å². The van der Waals surface area contributed by atoms with Crippen molar-refractivity contribution in [3.63, 3.8) is 0 Å². The van der Waals surface area contributed by atoms with Gasteiger partial charge in [0.25, 0.3) is 0 Å². The van der Waals surface area contributed by atoms with Crippen molar-refractivity contribution in [1.29, 1.82) is 5.26 Å². The maximum Gasteiger partial charge on any atom is 0.508 e. The predicted molar refractivity (Wildman–Crippen MR) is 109 cm³/mol. The molecule has 6 atom stereocenters. The molecule has 1 aromatic rings. The number of aliphatic hydroxyl groups is 2. The molecule has 1 aliphatic carbocycles. The first-order valence-electron chi connectivity index (χ1n) is 10.1. The minimum absolute atomic E-state index is 0.0616. The Morgan fingerprint density at radius 1 is 1.41 bits per heavy atom. The molecule has 1 saturated carbocycles. The number of aliphatic imine (C=N–C) groups is 1. The van der Waals surface area contributed by atoms with Crippen LogP contribution >= 0.6 is 0 Å². The second kappa shape index (κ2) is 7.30. The fourth-order valence-electron chi connectivity index (χ4n) is 4.60. The number of nitriles is 1. The van der Waals surface area contributed by atoms with E-state index in [9.17, 15) is 20.3 Å². The fourth-order valence-corrected chi connectivity index (χ4v) is 4.60. The molecule has 2 unspecified atom stereocenters. The lowest BCUT2D eigenvalue weighted by atomic mass is 9.99. The van der Waals surface area contributed by atoms with Crippen molar-refractivity contribution >= 4 is 18.3 Å². The Kier molecular flexibility index (Phi) is 4.67. The van der Waals surface area contributed by atoms with Crippen molar-refractivity contribution in [2.75, 3.05) is 6.61 Å². The average Bonchev–Trinajstić information content (AvgIpc) is 3.07. The molecule has 0 amide bonds. The highest BCUT2D eigenvalue weighted by molar-refractivity contribution is 6.02. The third-order valence-electron chi connectivity index (χ3n) is 6.33. The Morgan fingerprint density at radius 2 is 2.19 bits per heavy atom. The van der Waals surface area contributed by atoms with Crippen LogP contribution in [0.3, 0.4) is 0 Å². The highest BCUT2D eigenvalue weighted by Crippen LogP contribution is 2.62. The summed E-state index contributed by atoms with van der Waals surface area (Å²) in [4.78, 5) is 16.0. The van der Waals surface area contributed by atoms with E-state index < -0.39 is 41.7 Å². The van der Waals surface area contributed by atoms with E-state index in [1.807, 2.05) is 36.4 Å². The number of aliphatic hydroxyl groups excluding tert-OH is 1. The molecule has 0 radical (unpaired) electrons. The minimum Gasteiger partial charge on any atom is -0.434 e. The van der Waals surface area contributed by atoms with Crippen LogP contribution in [0.1, 0.15) is 12.0 Å². The second-order valence-corrected chi connectivity index (χ2v) is 8.01. The molecule has 0 spiro atoms. The molecule has 11 heteroatoms. The van der Waals surface area contributed by atoms with Crippen molar-refractivity contribution in [2.24, 2.45) is 15.8 Å². The average molecular weight is 439 g/mol. The maximum atomic E-state index is 12.1. The summed E-state index contributed by atoms with van der Waals surface area (Å²) in [5.41, 5.74) is 3.44. The first-order valence-corrected chi connectivity index (χ1v) is 10.1. The highest BCUT2D eigenvalue weighted by Gasteiger charge is 2.91. The number of fused-ring (bicyclic) bond motifs is 2. The van der Waals surface area contributed by atoms with E-state index in [1.54, 1.807) is 11.1 Å². The van der Waals surface area contributed by atoms with Crippen molar-refractivity contribution in [2.45, 2.75) is 48.4 Å². The number of hydrogen-bond acceptors (Lipinski definition) is 11. The van der Waals surface area contributed by atoms with Gasteiger partial charge in [0.2, 0.25) is 5.60 Å². The van der Waals surface area contributed by atoms with Crippen LogP contribution in [0.25, 0.3) is 0 Å². The largest absolute Gasteiger partial charge is 0.508 e. The number of hydrogen-bond donors (Lipinski definition) is 3. The van der Waals surface area contributed by atoms with Gasteiger partial charge in [0, 0.05) is 6.42 Å². The molecule has 0 aromatic heterocycles. The van der Waals surface area contributed by atoms with Crippen LogP contribution in [0, 0.1) is 11.3 Å². The van der Waals surface area contributed by atoms with E-state index in [0.717, 1.165) is 5.56 Å². The molecule has 5 rings (SSSR count). The lowest BCUT2D eigenvalue weighted by molar-refractivity contribution is -0.103. The summed E-state index contributed by atoms with van der Waals surface area (Å²) in [5, 5.41) is 37.3. The van der Waals surface area contributed by atoms with Gasteiger partial charge in [-0.2, -0.15) is 10.4 Å². The van der Waals surface area contributed by atoms with Crippen LogP contribution < -0.4 is 5.73 Å². The molecule has 2 fully saturated rings. The molecule has 4 aliphatic rings.